The third kappa shape index (κ3) is 3.62. The lowest BCUT2D eigenvalue weighted by Crippen LogP contribution is -1.83. The first kappa shape index (κ1) is 17.5. The van der Waals surface area contributed by atoms with E-state index in [9.17, 15) is 0 Å². The van der Waals surface area contributed by atoms with Gasteiger partial charge in [0.2, 0.25) is 0 Å². The number of thiophene rings is 2. The fourth-order valence-corrected chi connectivity index (χ4v) is 5.91. The van der Waals surface area contributed by atoms with Crippen molar-refractivity contribution in [2.45, 2.75) is 39.5 Å². The van der Waals surface area contributed by atoms with E-state index < -0.39 is 0 Å². The molecule has 0 aliphatic heterocycles. The summed E-state index contributed by atoms with van der Waals surface area (Å²) in [6.07, 6.45) is 4.79. The minimum atomic E-state index is 1.16. The molecule has 0 aliphatic carbocycles. The van der Waals surface area contributed by atoms with Crippen LogP contribution >= 0.6 is 22.7 Å². The Balaban J connectivity index is 1.56. The van der Waals surface area contributed by atoms with Crippen LogP contribution in [0.25, 0.3) is 31.0 Å². The molecule has 0 fully saturated rings. The van der Waals surface area contributed by atoms with Crippen molar-refractivity contribution in [3.8, 4) is 21.6 Å². The average Bonchev–Trinajstić information content (AvgIpc) is 3.22. The van der Waals surface area contributed by atoms with E-state index in [-0.39, 0.29) is 0 Å². The van der Waals surface area contributed by atoms with Crippen LogP contribution in [-0.4, -0.2) is 0 Å². The Labute approximate surface area is 164 Å². The van der Waals surface area contributed by atoms with Crippen LogP contribution in [0, 0.1) is 0 Å². The van der Waals surface area contributed by atoms with Crippen molar-refractivity contribution >= 4 is 32.1 Å². The van der Waals surface area contributed by atoms with Crippen LogP contribution in [0.15, 0.2) is 60.7 Å². The third-order valence-corrected chi connectivity index (χ3v) is 7.15. The zero-order valence-corrected chi connectivity index (χ0v) is 17.1. The van der Waals surface area contributed by atoms with Crippen molar-refractivity contribution in [2.24, 2.45) is 0 Å². The van der Waals surface area contributed by atoms with E-state index in [1.54, 1.807) is 0 Å². The molecule has 2 aromatic carbocycles. The van der Waals surface area contributed by atoms with E-state index >= 15 is 0 Å². The van der Waals surface area contributed by atoms with Crippen molar-refractivity contribution in [3.63, 3.8) is 0 Å². The zero-order valence-electron chi connectivity index (χ0n) is 15.4. The maximum atomic E-state index is 2.38. The summed E-state index contributed by atoms with van der Waals surface area (Å²) in [4.78, 5) is 2.89. The topological polar surface area (TPSA) is 0 Å². The zero-order chi connectivity index (χ0) is 17.9. The van der Waals surface area contributed by atoms with Crippen LogP contribution < -0.4 is 0 Å². The molecule has 0 bridgehead atoms. The summed E-state index contributed by atoms with van der Waals surface area (Å²) in [6, 6.07) is 22.8. The molecule has 0 atom stereocenters. The molecule has 0 N–H and O–H groups in total. The molecule has 2 heteroatoms. The first-order valence-corrected chi connectivity index (χ1v) is 11.1. The van der Waals surface area contributed by atoms with Crippen molar-refractivity contribution < 1.29 is 0 Å². The van der Waals surface area contributed by atoms with E-state index in [1.165, 1.54) is 60.7 Å². The summed E-state index contributed by atoms with van der Waals surface area (Å²) < 4.78 is 2.87. The summed E-state index contributed by atoms with van der Waals surface area (Å²) in [5.41, 5.74) is 5.34. The third-order valence-electron chi connectivity index (χ3n) is 4.75. The molecule has 4 aromatic rings. The summed E-state index contributed by atoms with van der Waals surface area (Å²) in [5, 5.41) is 0. The number of fused-ring (bicyclic) bond motifs is 1. The Morgan fingerprint density at radius 2 is 1.19 bits per heavy atom. The van der Waals surface area contributed by atoms with Gasteiger partial charge in [-0.2, -0.15) is 0 Å². The highest BCUT2D eigenvalue weighted by molar-refractivity contribution is 7.29. The van der Waals surface area contributed by atoms with Crippen molar-refractivity contribution in [2.75, 3.05) is 0 Å². The molecule has 0 spiro atoms. The van der Waals surface area contributed by atoms with Gasteiger partial charge in [-0.15, -0.1) is 22.7 Å². The molecule has 0 nitrogen and oxygen atoms in total. The minimum Gasteiger partial charge on any atom is -0.139 e. The summed E-state index contributed by atoms with van der Waals surface area (Å²) >= 11 is 3.87. The Kier molecular flexibility index (Phi) is 5.23. The second-order valence-corrected chi connectivity index (χ2v) is 9.08. The number of hydrogen-bond donors (Lipinski definition) is 0. The Morgan fingerprint density at radius 1 is 0.615 bits per heavy atom. The van der Waals surface area contributed by atoms with Gasteiger partial charge >= 0.3 is 0 Å². The van der Waals surface area contributed by atoms with Crippen LogP contribution in [-0.2, 0) is 12.8 Å². The molecule has 0 amide bonds. The maximum absolute atomic E-state index is 2.38. The smallest absolute Gasteiger partial charge is 0.0460 e. The van der Waals surface area contributed by atoms with Gasteiger partial charge in [0.1, 0.15) is 0 Å². The summed E-state index contributed by atoms with van der Waals surface area (Å²) in [6.45, 7) is 4.48. The molecule has 4 rings (SSSR count). The van der Waals surface area contributed by atoms with Gasteiger partial charge in [-0.05, 0) is 47.2 Å². The number of rotatable bonds is 6. The highest BCUT2D eigenvalue weighted by Gasteiger charge is 2.08. The average molecular weight is 377 g/mol. The molecule has 0 saturated heterocycles. The van der Waals surface area contributed by atoms with Gasteiger partial charge in [0.05, 0.1) is 0 Å². The highest BCUT2D eigenvalue weighted by Crippen LogP contribution is 2.39. The van der Waals surface area contributed by atoms with Crippen LogP contribution in [0.3, 0.4) is 0 Å². The van der Waals surface area contributed by atoms with Crippen LogP contribution in [0.5, 0.6) is 0 Å². The van der Waals surface area contributed by atoms with Crippen LogP contribution in [0.4, 0.5) is 0 Å². The lowest BCUT2D eigenvalue weighted by molar-refractivity contribution is 0.922. The van der Waals surface area contributed by atoms with E-state index in [2.05, 4.69) is 74.5 Å². The van der Waals surface area contributed by atoms with Gasteiger partial charge in [0.15, 0.2) is 0 Å². The van der Waals surface area contributed by atoms with E-state index in [1.807, 2.05) is 22.7 Å². The Bertz CT molecular complexity index is 954. The number of benzene rings is 2. The molecule has 0 aliphatic rings. The fraction of sp³-hybridized carbons (Fsp3) is 0.250. The van der Waals surface area contributed by atoms with Crippen molar-refractivity contribution in [3.05, 3.63) is 71.1 Å². The molecule has 26 heavy (non-hydrogen) atoms. The number of hydrogen-bond acceptors (Lipinski definition) is 2. The molecule has 0 saturated carbocycles. The SMILES string of the molecule is CCCc1ccc(-c2ccc(-c3cc4sc(CCC)cc4s3)cc2)cc1. The first-order chi connectivity index (χ1) is 12.8. The highest BCUT2D eigenvalue weighted by atomic mass is 32.1. The van der Waals surface area contributed by atoms with Crippen LogP contribution in [0.2, 0.25) is 0 Å². The fourth-order valence-electron chi connectivity index (χ4n) is 3.38. The van der Waals surface area contributed by atoms with Gasteiger partial charge in [-0.25, -0.2) is 0 Å². The quantitative estimate of drug-likeness (QED) is 0.318. The lowest BCUT2D eigenvalue weighted by atomic mass is 10.0. The molecular formula is C24H24S2. The molecule has 0 unspecified atom stereocenters. The summed E-state index contributed by atoms with van der Waals surface area (Å²) in [5.74, 6) is 0. The standard InChI is InChI=1S/C24H24S2/c1-3-5-17-7-9-18(10-8-17)19-11-13-20(14-12-19)22-16-24-23(26-22)15-21(25-24)6-4-2/h7-16H,3-6H2,1-2H3. The first-order valence-electron chi connectivity index (χ1n) is 9.49. The summed E-state index contributed by atoms with van der Waals surface area (Å²) in [7, 11) is 0. The normalized spacial score (nSPS) is 11.3. The molecular weight excluding hydrogens is 352 g/mol. The van der Waals surface area contributed by atoms with Gasteiger partial charge in [0, 0.05) is 19.2 Å². The minimum absolute atomic E-state index is 1.16. The van der Waals surface area contributed by atoms with E-state index in [0.29, 0.717) is 0 Å². The van der Waals surface area contributed by atoms with Gasteiger partial charge in [-0.3, -0.25) is 0 Å². The molecule has 132 valence electrons. The second kappa shape index (κ2) is 7.77. The number of aryl methyl sites for hydroxylation is 2. The van der Waals surface area contributed by atoms with Crippen molar-refractivity contribution in [1.82, 2.24) is 0 Å². The van der Waals surface area contributed by atoms with Gasteiger partial charge in [-0.1, -0.05) is 75.2 Å². The Hall–Kier alpha value is -1.90. The molecule has 2 heterocycles. The van der Waals surface area contributed by atoms with E-state index in [4.69, 9.17) is 0 Å². The van der Waals surface area contributed by atoms with Gasteiger partial charge in [0.25, 0.3) is 0 Å². The van der Waals surface area contributed by atoms with Gasteiger partial charge < -0.3 is 0 Å². The molecule has 0 radical (unpaired) electrons. The van der Waals surface area contributed by atoms with E-state index in [0.717, 1.165) is 6.42 Å². The Morgan fingerprint density at radius 3 is 1.81 bits per heavy atom. The lowest BCUT2D eigenvalue weighted by Gasteiger charge is -2.05. The van der Waals surface area contributed by atoms with Crippen molar-refractivity contribution in [1.29, 1.82) is 0 Å². The maximum Gasteiger partial charge on any atom is 0.0460 e. The monoisotopic (exact) mass is 376 g/mol. The predicted molar refractivity (Wildman–Crippen MR) is 119 cm³/mol. The molecule has 2 aromatic heterocycles. The predicted octanol–water partition coefficient (Wildman–Crippen LogP) is 8.20. The van der Waals surface area contributed by atoms with Crippen LogP contribution in [0.1, 0.15) is 37.1 Å². The second-order valence-electron chi connectivity index (χ2n) is 6.83. The largest absolute Gasteiger partial charge is 0.139 e.